The molecule has 0 amide bonds. The number of nitrogens with one attached hydrogen (secondary N) is 1. The number of aromatic nitrogens is 2. The Kier molecular flexibility index (Phi) is 5.20. The lowest BCUT2D eigenvalue weighted by atomic mass is 10.0. The number of likely N-dealkylation sites (N-methyl/N-ethyl adjacent to an activating group) is 1. The Labute approximate surface area is 149 Å². The van der Waals surface area contributed by atoms with E-state index in [4.69, 9.17) is 0 Å². The highest BCUT2D eigenvalue weighted by molar-refractivity contribution is 5.77. The van der Waals surface area contributed by atoms with E-state index in [1.807, 2.05) is 0 Å². The van der Waals surface area contributed by atoms with E-state index in [0.717, 1.165) is 0 Å². The third-order valence-electron chi connectivity index (χ3n) is 4.50. The molecule has 5 nitrogen and oxygen atoms in total. The van der Waals surface area contributed by atoms with Crippen LogP contribution in [-0.4, -0.2) is 33.9 Å². The van der Waals surface area contributed by atoms with Crippen LogP contribution in [0.25, 0.3) is 11.0 Å². The first-order chi connectivity index (χ1) is 12.5. The summed E-state index contributed by atoms with van der Waals surface area (Å²) < 4.78 is 31.1. The molecule has 0 bridgehead atoms. The number of fused-ring (bicyclic) bond motifs is 1. The molecule has 3 aromatic rings. The molecular weight excluding hydrogens is 340 g/mol. The van der Waals surface area contributed by atoms with Crippen molar-refractivity contribution in [1.82, 2.24) is 14.5 Å². The minimum Gasteiger partial charge on any atom is -0.389 e. The fourth-order valence-electron chi connectivity index (χ4n) is 3.41. The first kappa shape index (κ1) is 18.3. The fourth-order valence-corrected chi connectivity index (χ4v) is 3.41. The van der Waals surface area contributed by atoms with E-state index in [1.165, 1.54) is 39.5 Å². The van der Waals surface area contributed by atoms with Crippen molar-refractivity contribution in [3.05, 3.63) is 70.1 Å². The second-order valence-corrected chi connectivity index (χ2v) is 6.13. The number of aryl methyl sites for hydroxylation is 1. The Bertz CT molecular complexity index is 981. The molecule has 0 saturated heterocycles. The van der Waals surface area contributed by atoms with E-state index in [-0.39, 0.29) is 12.1 Å². The number of hydrogen-bond acceptors (Lipinski definition) is 3. The molecule has 0 unspecified atom stereocenters. The number of halogens is 2. The minimum atomic E-state index is -1.06. The predicted octanol–water partition coefficient (Wildman–Crippen LogP) is 2.27. The zero-order valence-electron chi connectivity index (χ0n) is 14.6. The number of rotatable bonds is 6. The standard InChI is InChI=1S/C19H21F2N3O2/c1-3-23-15-9-5-8-14(21)18(15)24(19(23)26)17(16(25)11-22-2)12-6-4-7-13(20)10-12/h4-10,16-17,22,25H,3,11H2,1-2H3/t16-,17-/m0/s1. The number of benzene rings is 2. The second-order valence-electron chi connectivity index (χ2n) is 6.13. The summed E-state index contributed by atoms with van der Waals surface area (Å²) in [5.41, 5.74) is 0.490. The molecule has 0 aliphatic rings. The van der Waals surface area contributed by atoms with E-state index in [1.54, 1.807) is 26.1 Å². The number of nitrogens with zero attached hydrogens (tertiary/aromatic N) is 2. The quantitative estimate of drug-likeness (QED) is 0.708. The smallest absolute Gasteiger partial charge is 0.329 e. The highest BCUT2D eigenvalue weighted by Crippen LogP contribution is 2.28. The maximum absolute atomic E-state index is 14.6. The summed E-state index contributed by atoms with van der Waals surface area (Å²) in [4.78, 5) is 13.0. The summed E-state index contributed by atoms with van der Waals surface area (Å²) >= 11 is 0. The third-order valence-corrected chi connectivity index (χ3v) is 4.50. The summed E-state index contributed by atoms with van der Waals surface area (Å²) in [5, 5.41) is 13.5. The van der Waals surface area contributed by atoms with Gasteiger partial charge < -0.3 is 10.4 Å². The third kappa shape index (κ3) is 3.04. The lowest BCUT2D eigenvalue weighted by Crippen LogP contribution is -2.38. The van der Waals surface area contributed by atoms with Gasteiger partial charge in [0.2, 0.25) is 0 Å². The normalized spacial score (nSPS) is 13.9. The topological polar surface area (TPSA) is 59.2 Å². The Morgan fingerprint density at radius 3 is 2.58 bits per heavy atom. The van der Waals surface area contributed by atoms with Gasteiger partial charge >= 0.3 is 5.69 Å². The largest absolute Gasteiger partial charge is 0.389 e. The van der Waals surface area contributed by atoms with Crippen molar-refractivity contribution in [3.63, 3.8) is 0 Å². The number of aliphatic hydroxyl groups is 1. The molecule has 2 atom stereocenters. The lowest BCUT2D eigenvalue weighted by molar-refractivity contribution is 0.130. The van der Waals surface area contributed by atoms with Crippen molar-refractivity contribution in [3.8, 4) is 0 Å². The van der Waals surface area contributed by atoms with Gasteiger partial charge in [-0.2, -0.15) is 0 Å². The molecule has 0 saturated carbocycles. The predicted molar refractivity (Wildman–Crippen MR) is 96.3 cm³/mol. The Morgan fingerprint density at radius 2 is 1.92 bits per heavy atom. The zero-order valence-corrected chi connectivity index (χ0v) is 14.6. The summed E-state index contributed by atoms with van der Waals surface area (Å²) in [6.45, 7) is 2.29. The molecule has 2 aromatic carbocycles. The average Bonchev–Trinajstić information content (AvgIpc) is 2.89. The molecule has 3 rings (SSSR count). The number of para-hydroxylation sites is 1. The van der Waals surface area contributed by atoms with Gasteiger partial charge in [-0.25, -0.2) is 13.6 Å². The summed E-state index contributed by atoms with van der Waals surface area (Å²) in [5.74, 6) is -1.05. The van der Waals surface area contributed by atoms with Crippen LogP contribution in [0.2, 0.25) is 0 Å². The molecule has 0 spiro atoms. The van der Waals surface area contributed by atoms with Crippen LogP contribution in [0.3, 0.4) is 0 Å². The van der Waals surface area contributed by atoms with Crippen LogP contribution in [0.1, 0.15) is 18.5 Å². The van der Waals surface area contributed by atoms with Gasteiger partial charge in [0.05, 0.1) is 17.7 Å². The van der Waals surface area contributed by atoms with Gasteiger partial charge in [-0.05, 0) is 43.8 Å². The first-order valence-electron chi connectivity index (χ1n) is 8.47. The fraction of sp³-hybridized carbons (Fsp3) is 0.316. The molecule has 2 N–H and O–H groups in total. The Hall–Kier alpha value is -2.51. The molecule has 0 aliphatic carbocycles. The van der Waals surface area contributed by atoms with Crippen LogP contribution in [-0.2, 0) is 6.54 Å². The van der Waals surface area contributed by atoms with Crippen LogP contribution < -0.4 is 11.0 Å². The maximum Gasteiger partial charge on any atom is 0.329 e. The van der Waals surface area contributed by atoms with Crippen LogP contribution in [0.15, 0.2) is 47.3 Å². The number of imidazole rings is 1. The van der Waals surface area contributed by atoms with E-state index in [0.29, 0.717) is 17.6 Å². The highest BCUT2D eigenvalue weighted by atomic mass is 19.1. The van der Waals surface area contributed by atoms with Gasteiger partial charge in [-0.15, -0.1) is 0 Å². The molecule has 0 fully saturated rings. The number of hydrogen-bond donors (Lipinski definition) is 2. The van der Waals surface area contributed by atoms with Crippen LogP contribution in [0, 0.1) is 11.6 Å². The number of aliphatic hydroxyl groups excluding tert-OH is 1. The van der Waals surface area contributed by atoms with E-state index < -0.39 is 29.5 Å². The van der Waals surface area contributed by atoms with Gasteiger partial charge in [0.15, 0.2) is 0 Å². The second kappa shape index (κ2) is 7.39. The molecule has 0 radical (unpaired) electrons. The molecule has 1 aromatic heterocycles. The van der Waals surface area contributed by atoms with Crippen LogP contribution in [0.4, 0.5) is 8.78 Å². The van der Waals surface area contributed by atoms with Crippen LogP contribution >= 0.6 is 0 Å². The summed E-state index contributed by atoms with van der Waals surface area (Å²) in [6, 6.07) is 9.19. The monoisotopic (exact) mass is 361 g/mol. The van der Waals surface area contributed by atoms with Crippen molar-refractivity contribution in [1.29, 1.82) is 0 Å². The molecular formula is C19H21F2N3O2. The van der Waals surface area contributed by atoms with E-state index >= 15 is 0 Å². The van der Waals surface area contributed by atoms with Crippen molar-refractivity contribution in [2.75, 3.05) is 13.6 Å². The lowest BCUT2D eigenvalue weighted by Gasteiger charge is -2.25. The van der Waals surface area contributed by atoms with Gasteiger partial charge in [0.1, 0.15) is 17.2 Å². The molecule has 1 heterocycles. The van der Waals surface area contributed by atoms with Crippen molar-refractivity contribution >= 4 is 11.0 Å². The molecule has 26 heavy (non-hydrogen) atoms. The van der Waals surface area contributed by atoms with Crippen molar-refractivity contribution < 1.29 is 13.9 Å². The van der Waals surface area contributed by atoms with Gasteiger partial charge in [0, 0.05) is 13.1 Å². The molecule has 0 aliphatic heterocycles. The first-order valence-corrected chi connectivity index (χ1v) is 8.47. The SMILES string of the molecule is CCn1c(=O)n([C@@H](c2cccc(F)c2)[C@@H](O)CNC)c2c(F)cccc21. The van der Waals surface area contributed by atoms with Gasteiger partial charge in [-0.1, -0.05) is 18.2 Å². The van der Waals surface area contributed by atoms with Gasteiger partial charge in [0.25, 0.3) is 0 Å². The Balaban J connectivity index is 2.35. The van der Waals surface area contributed by atoms with Gasteiger partial charge in [-0.3, -0.25) is 9.13 Å². The average molecular weight is 361 g/mol. The molecule has 138 valence electrons. The molecule has 7 heteroatoms. The highest BCUT2D eigenvalue weighted by Gasteiger charge is 2.29. The Morgan fingerprint density at radius 1 is 1.19 bits per heavy atom. The van der Waals surface area contributed by atoms with Crippen LogP contribution in [0.5, 0.6) is 0 Å². The van der Waals surface area contributed by atoms with E-state index in [2.05, 4.69) is 5.32 Å². The van der Waals surface area contributed by atoms with Crippen molar-refractivity contribution in [2.24, 2.45) is 0 Å². The zero-order chi connectivity index (χ0) is 18.8. The maximum atomic E-state index is 14.6. The van der Waals surface area contributed by atoms with E-state index in [9.17, 15) is 18.7 Å². The minimum absolute atomic E-state index is 0.101. The summed E-state index contributed by atoms with van der Waals surface area (Å²) in [7, 11) is 1.66. The van der Waals surface area contributed by atoms with Crippen molar-refractivity contribution in [2.45, 2.75) is 25.6 Å². The summed E-state index contributed by atoms with van der Waals surface area (Å²) in [6.07, 6.45) is -1.06.